The first-order valence-corrected chi connectivity index (χ1v) is 7.60. The van der Waals surface area contributed by atoms with E-state index in [9.17, 15) is 4.79 Å². The molecule has 0 spiro atoms. The minimum absolute atomic E-state index is 0.310. The molecule has 0 N–H and O–H groups in total. The van der Waals surface area contributed by atoms with Crippen molar-refractivity contribution in [2.24, 2.45) is 4.99 Å². The third-order valence-electron chi connectivity index (χ3n) is 3.35. The monoisotopic (exact) mass is 311 g/mol. The Kier molecular flexibility index (Phi) is 6.36. The van der Waals surface area contributed by atoms with Gasteiger partial charge in [0.05, 0.1) is 13.7 Å². The fourth-order valence-electron chi connectivity index (χ4n) is 2.14. The number of carbonyl (C=O) groups is 1. The standard InChI is InChI=1S/C19H21NO3/c1-3-23-19(21)18(20-14-16-7-5-4-6-8-16)13-15-9-11-17(22-2)12-10-15/h4-12,14,18H,3,13H2,1-2H3. The molecule has 2 aromatic rings. The number of nitrogens with zero attached hydrogens (tertiary/aromatic N) is 1. The molecule has 0 amide bonds. The average molecular weight is 311 g/mol. The minimum atomic E-state index is -0.552. The van der Waals surface area contributed by atoms with Crippen molar-refractivity contribution in [3.63, 3.8) is 0 Å². The molecule has 0 saturated heterocycles. The molecule has 1 unspecified atom stereocenters. The van der Waals surface area contributed by atoms with Gasteiger partial charge in [0, 0.05) is 12.6 Å². The fraction of sp³-hybridized carbons (Fsp3) is 0.263. The minimum Gasteiger partial charge on any atom is -0.497 e. The number of benzene rings is 2. The lowest BCUT2D eigenvalue weighted by Crippen LogP contribution is -2.24. The Morgan fingerprint density at radius 2 is 1.83 bits per heavy atom. The van der Waals surface area contributed by atoms with Gasteiger partial charge in [-0.25, -0.2) is 4.79 Å². The van der Waals surface area contributed by atoms with Gasteiger partial charge in [-0.05, 0) is 30.2 Å². The van der Waals surface area contributed by atoms with E-state index in [0.717, 1.165) is 16.9 Å². The van der Waals surface area contributed by atoms with E-state index in [1.165, 1.54) is 0 Å². The van der Waals surface area contributed by atoms with Gasteiger partial charge < -0.3 is 9.47 Å². The lowest BCUT2D eigenvalue weighted by molar-refractivity contribution is -0.144. The zero-order chi connectivity index (χ0) is 16.5. The van der Waals surface area contributed by atoms with E-state index in [1.54, 1.807) is 20.2 Å². The molecule has 0 bridgehead atoms. The fourth-order valence-corrected chi connectivity index (χ4v) is 2.14. The van der Waals surface area contributed by atoms with Crippen molar-refractivity contribution in [1.29, 1.82) is 0 Å². The van der Waals surface area contributed by atoms with Gasteiger partial charge >= 0.3 is 5.97 Å². The lowest BCUT2D eigenvalue weighted by Gasteiger charge is -2.12. The van der Waals surface area contributed by atoms with Gasteiger partial charge in [-0.3, -0.25) is 4.99 Å². The van der Waals surface area contributed by atoms with Crippen LogP contribution in [0.15, 0.2) is 59.6 Å². The largest absolute Gasteiger partial charge is 0.497 e. The van der Waals surface area contributed by atoms with Crippen LogP contribution in [0.25, 0.3) is 0 Å². The number of rotatable bonds is 7. The summed E-state index contributed by atoms with van der Waals surface area (Å²) in [5.74, 6) is 0.477. The molecule has 0 heterocycles. The molecule has 4 nitrogen and oxygen atoms in total. The van der Waals surface area contributed by atoms with Crippen molar-refractivity contribution in [2.75, 3.05) is 13.7 Å². The van der Waals surface area contributed by atoms with Crippen LogP contribution in [-0.4, -0.2) is 31.9 Å². The molecular formula is C19H21NO3. The van der Waals surface area contributed by atoms with Crippen LogP contribution in [-0.2, 0) is 16.0 Å². The molecule has 1 atom stereocenters. The highest BCUT2D eigenvalue weighted by molar-refractivity contribution is 5.84. The molecule has 2 rings (SSSR count). The van der Waals surface area contributed by atoms with Crippen molar-refractivity contribution >= 4 is 12.2 Å². The number of esters is 1. The number of aliphatic imine (C=N–C) groups is 1. The van der Waals surface area contributed by atoms with E-state index in [1.807, 2.05) is 54.6 Å². The lowest BCUT2D eigenvalue weighted by atomic mass is 10.1. The summed E-state index contributed by atoms with van der Waals surface area (Å²) in [4.78, 5) is 16.6. The Balaban J connectivity index is 2.13. The van der Waals surface area contributed by atoms with Crippen molar-refractivity contribution < 1.29 is 14.3 Å². The molecule has 0 radical (unpaired) electrons. The third-order valence-corrected chi connectivity index (χ3v) is 3.35. The maximum absolute atomic E-state index is 12.1. The van der Waals surface area contributed by atoms with E-state index in [4.69, 9.17) is 9.47 Å². The molecule has 4 heteroatoms. The molecule has 120 valence electrons. The van der Waals surface area contributed by atoms with Crippen LogP contribution >= 0.6 is 0 Å². The molecule has 0 saturated carbocycles. The van der Waals surface area contributed by atoms with E-state index < -0.39 is 6.04 Å². The summed E-state index contributed by atoms with van der Waals surface area (Å²) in [6.45, 7) is 2.14. The summed E-state index contributed by atoms with van der Waals surface area (Å²) in [5, 5.41) is 0. The maximum atomic E-state index is 12.1. The zero-order valence-electron chi connectivity index (χ0n) is 13.4. The summed E-state index contributed by atoms with van der Waals surface area (Å²) in [7, 11) is 1.63. The van der Waals surface area contributed by atoms with Crippen LogP contribution in [0.2, 0.25) is 0 Å². The third kappa shape index (κ3) is 5.25. The highest BCUT2D eigenvalue weighted by atomic mass is 16.5. The molecule has 0 aliphatic heterocycles. The maximum Gasteiger partial charge on any atom is 0.331 e. The van der Waals surface area contributed by atoms with Gasteiger partial charge in [-0.1, -0.05) is 42.5 Å². The normalized spacial score (nSPS) is 12.1. The SMILES string of the molecule is CCOC(=O)C(Cc1ccc(OC)cc1)N=Cc1ccccc1. The first kappa shape index (κ1) is 16.7. The summed E-state index contributed by atoms with van der Waals surface area (Å²) in [6.07, 6.45) is 2.21. The summed E-state index contributed by atoms with van der Waals surface area (Å²) < 4.78 is 10.3. The van der Waals surface area contributed by atoms with Crippen LogP contribution in [0.4, 0.5) is 0 Å². The van der Waals surface area contributed by atoms with Crippen molar-refractivity contribution in [3.8, 4) is 5.75 Å². The summed E-state index contributed by atoms with van der Waals surface area (Å²) >= 11 is 0. The number of hydrogen-bond acceptors (Lipinski definition) is 4. The first-order valence-electron chi connectivity index (χ1n) is 7.60. The molecule has 2 aromatic carbocycles. The Labute approximate surface area is 136 Å². The van der Waals surface area contributed by atoms with Gasteiger partial charge in [-0.2, -0.15) is 0 Å². The predicted octanol–water partition coefficient (Wildman–Crippen LogP) is 3.29. The van der Waals surface area contributed by atoms with Crippen LogP contribution in [0.1, 0.15) is 18.1 Å². The van der Waals surface area contributed by atoms with Crippen LogP contribution < -0.4 is 4.74 Å². The summed E-state index contributed by atoms with van der Waals surface area (Å²) in [5.41, 5.74) is 1.96. The second-order valence-electron chi connectivity index (χ2n) is 5.01. The van der Waals surface area contributed by atoms with Crippen LogP contribution in [0.5, 0.6) is 5.75 Å². The summed E-state index contributed by atoms with van der Waals surface area (Å²) in [6, 6.07) is 16.8. The molecule has 0 aliphatic carbocycles. The second-order valence-corrected chi connectivity index (χ2v) is 5.01. The zero-order valence-corrected chi connectivity index (χ0v) is 13.4. The highest BCUT2D eigenvalue weighted by Crippen LogP contribution is 2.14. The van der Waals surface area contributed by atoms with Crippen molar-refractivity contribution in [2.45, 2.75) is 19.4 Å². The Hall–Kier alpha value is -2.62. The quantitative estimate of drug-likeness (QED) is 0.582. The number of methoxy groups -OCH3 is 1. The molecule has 0 aromatic heterocycles. The van der Waals surface area contributed by atoms with Gasteiger partial charge in [0.1, 0.15) is 5.75 Å². The average Bonchev–Trinajstić information content (AvgIpc) is 2.60. The van der Waals surface area contributed by atoms with Gasteiger partial charge in [-0.15, -0.1) is 0 Å². The number of ether oxygens (including phenoxy) is 2. The smallest absolute Gasteiger partial charge is 0.331 e. The molecule has 0 fully saturated rings. The van der Waals surface area contributed by atoms with E-state index in [-0.39, 0.29) is 5.97 Å². The van der Waals surface area contributed by atoms with E-state index >= 15 is 0 Å². The van der Waals surface area contributed by atoms with Crippen LogP contribution in [0.3, 0.4) is 0 Å². The Morgan fingerprint density at radius 3 is 2.43 bits per heavy atom. The second kappa shape index (κ2) is 8.73. The molecular weight excluding hydrogens is 290 g/mol. The Bertz CT molecular complexity index is 635. The Morgan fingerprint density at radius 1 is 1.13 bits per heavy atom. The van der Waals surface area contributed by atoms with Gasteiger partial charge in [0.25, 0.3) is 0 Å². The van der Waals surface area contributed by atoms with Crippen LogP contribution in [0, 0.1) is 0 Å². The molecule has 23 heavy (non-hydrogen) atoms. The van der Waals surface area contributed by atoms with Gasteiger partial charge in [0.2, 0.25) is 0 Å². The van der Waals surface area contributed by atoms with Gasteiger partial charge in [0.15, 0.2) is 6.04 Å². The predicted molar refractivity (Wildman–Crippen MR) is 91.2 cm³/mol. The highest BCUT2D eigenvalue weighted by Gasteiger charge is 2.18. The van der Waals surface area contributed by atoms with E-state index in [2.05, 4.69) is 4.99 Å². The first-order chi connectivity index (χ1) is 11.2. The topological polar surface area (TPSA) is 47.9 Å². The number of hydrogen-bond donors (Lipinski definition) is 0. The number of carbonyl (C=O) groups excluding carboxylic acids is 1. The molecule has 0 aliphatic rings. The van der Waals surface area contributed by atoms with E-state index in [0.29, 0.717) is 13.0 Å². The van der Waals surface area contributed by atoms with Crippen molar-refractivity contribution in [1.82, 2.24) is 0 Å². The van der Waals surface area contributed by atoms with Crippen molar-refractivity contribution in [3.05, 3.63) is 65.7 Å².